The van der Waals surface area contributed by atoms with Gasteiger partial charge in [-0.3, -0.25) is 14.6 Å². The van der Waals surface area contributed by atoms with Gasteiger partial charge in [-0.25, -0.2) is 0 Å². The number of aliphatic imine (C=N–C) groups is 1. The van der Waals surface area contributed by atoms with Crippen molar-refractivity contribution in [3.63, 3.8) is 0 Å². The van der Waals surface area contributed by atoms with Gasteiger partial charge < -0.3 is 15.5 Å². The highest BCUT2D eigenvalue weighted by Gasteiger charge is 2.31. The zero-order chi connectivity index (χ0) is 16.9. The summed E-state index contributed by atoms with van der Waals surface area (Å²) in [6, 6.07) is 0.932. The van der Waals surface area contributed by atoms with Crippen LogP contribution in [0.2, 0.25) is 0 Å². The quantitative estimate of drug-likeness (QED) is 0.801. The first-order valence-corrected chi connectivity index (χ1v) is 10.1. The van der Waals surface area contributed by atoms with E-state index in [1.54, 1.807) is 18.7 Å². The van der Waals surface area contributed by atoms with Crippen LogP contribution in [0, 0.1) is 5.92 Å². The number of likely N-dealkylation sites (tertiary alicyclic amines) is 1. The number of nitrogens with zero attached hydrogens (tertiary/aromatic N) is 2. The number of hydrogen-bond acceptors (Lipinski definition) is 5. The number of carbonyl (C=O) groups excluding carboxylic acids is 2. The lowest BCUT2D eigenvalue weighted by atomic mass is 9.92. The molecule has 2 amide bonds. The maximum absolute atomic E-state index is 12.4. The third kappa shape index (κ3) is 4.65. The molecule has 3 aliphatic rings. The lowest BCUT2D eigenvalue weighted by Gasteiger charge is -2.32. The Morgan fingerprint density at radius 1 is 1.25 bits per heavy atom. The Bertz CT molecular complexity index is 503. The van der Waals surface area contributed by atoms with Gasteiger partial charge in [-0.1, -0.05) is 24.6 Å². The highest BCUT2D eigenvalue weighted by atomic mass is 32.2. The molecule has 0 aromatic rings. The van der Waals surface area contributed by atoms with Gasteiger partial charge in [0.15, 0.2) is 5.17 Å². The summed E-state index contributed by atoms with van der Waals surface area (Å²) in [5.41, 5.74) is 0. The monoisotopic (exact) mass is 352 g/mol. The maximum Gasteiger partial charge on any atom is 0.233 e. The number of amidine groups is 1. The Morgan fingerprint density at radius 3 is 2.71 bits per heavy atom. The fourth-order valence-corrected chi connectivity index (χ4v) is 4.64. The topological polar surface area (TPSA) is 73.8 Å². The molecule has 2 heterocycles. The number of thioether (sulfide) groups is 1. The maximum atomic E-state index is 12.4. The van der Waals surface area contributed by atoms with Crippen LogP contribution in [0.5, 0.6) is 0 Å². The van der Waals surface area contributed by atoms with E-state index in [1.807, 2.05) is 4.90 Å². The fraction of sp³-hybridized carbons (Fsp3) is 0.824. The summed E-state index contributed by atoms with van der Waals surface area (Å²) in [4.78, 5) is 30.1. The van der Waals surface area contributed by atoms with Crippen LogP contribution < -0.4 is 10.6 Å². The van der Waals surface area contributed by atoms with Crippen molar-refractivity contribution in [2.45, 2.75) is 57.5 Å². The molecule has 7 heteroatoms. The number of piperidine rings is 1. The second kappa shape index (κ2) is 8.23. The van der Waals surface area contributed by atoms with Gasteiger partial charge in [0.2, 0.25) is 11.8 Å². The molecule has 3 rings (SSSR count). The standard InChI is InChI=1S/C17H28N4O2S/c1-12(22)18-10-13-6-8-21(9-7-13)16(23)11-24-17-19-14-4-2-3-5-15(14)20-17/h13-15H,2-11H2,1H3,(H,18,22)(H,19,20)/t14-,15-/m0/s1. The molecular formula is C17H28N4O2S. The molecule has 0 spiro atoms. The van der Waals surface area contributed by atoms with Crippen LogP contribution in [0.15, 0.2) is 4.99 Å². The van der Waals surface area contributed by atoms with E-state index in [0.717, 1.165) is 37.6 Å². The normalized spacial score (nSPS) is 27.2. The Morgan fingerprint density at radius 2 is 2.00 bits per heavy atom. The molecule has 0 bridgehead atoms. The summed E-state index contributed by atoms with van der Waals surface area (Å²) >= 11 is 1.56. The van der Waals surface area contributed by atoms with E-state index in [-0.39, 0.29) is 11.8 Å². The SMILES string of the molecule is CC(=O)NCC1CCN(C(=O)CSC2=N[C@H]3CCCC[C@@H]3N2)CC1. The average Bonchev–Trinajstić information content (AvgIpc) is 3.01. The van der Waals surface area contributed by atoms with Gasteiger partial charge in [0.05, 0.1) is 17.8 Å². The van der Waals surface area contributed by atoms with E-state index >= 15 is 0 Å². The van der Waals surface area contributed by atoms with Crippen LogP contribution in [0.3, 0.4) is 0 Å². The highest BCUT2D eigenvalue weighted by Crippen LogP contribution is 2.27. The van der Waals surface area contributed by atoms with E-state index in [9.17, 15) is 9.59 Å². The zero-order valence-electron chi connectivity index (χ0n) is 14.4. The van der Waals surface area contributed by atoms with Crippen molar-refractivity contribution in [3.05, 3.63) is 0 Å². The third-order valence-corrected chi connectivity index (χ3v) is 6.15. The summed E-state index contributed by atoms with van der Waals surface area (Å²) in [7, 11) is 0. The van der Waals surface area contributed by atoms with Gasteiger partial charge in [-0.05, 0) is 31.6 Å². The third-order valence-electron chi connectivity index (χ3n) is 5.26. The van der Waals surface area contributed by atoms with E-state index in [1.165, 1.54) is 25.7 Å². The second-order valence-corrected chi connectivity index (χ2v) is 8.05. The first-order valence-electron chi connectivity index (χ1n) is 9.11. The van der Waals surface area contributed by atoms with Gasteiger partial charge in [0, 0.05) is 26.6 Å². The molecule has 1 aliphatic carbocycles. The molecule has 0 aromatic carbocycles. The number of amides is 2. The van der Waals surface area contributed by atoms with Gasteiger partial charge in [-0.2, -0.15) is 0 Å². The van der Waals surface area contributed by atoms with Crippen molar-refractivity contribution in [1.29, 1.82) is 0 Å². The molecule has 1 saturated carbocycles. The van der Waals surface area contributed by atoms with Gasteiger partial charge in [-0.15, -0.1) is 0 Å². The molecule has 0 radical (unpaired) electrons. The Labute approximate surface area is 148 Å². The summed E-state index contributed by atoms with van der Waals surface area (Å²) in [6.45, 7) is 3.88. The second-order valence-electron chi connectivity index (χ2n) is 7.09. The molecule has 2 atom stereocenters. The number of carbonyl (C=O) groups is 2. The van der Waals surface area contributed by atoms with Crippen molar-refractivity contribution < 1.29 is 9.59 Å². The predicted octanol–water partition coefficient (Wildman–Crippen LogP) is 1.36. The summed E-state index contributed by atoms with van der Waals surface area (Å²) in [5, 5.41) is 7.32. The van der Waals surface area contributed by atoms with Crippen molar-refractivity contribution in [2.75, 3.05) is 25.4 Å². The summed E-state index contributed by atoms with van der Waals surface area (Å²) in [5.74, 6) is 1.20. The van der Waals surface area contributed by atoms with E-state index in [0.29, 0.717) is 23.8 Å². The number of nitrogens with one attached hydrogen (secondary N) is 2. The minimum absolute atomic E-state index is 0.0234. The number of rotatable bonds is 4. The van der Waals surface area contributed by atoms with Crippen LogP contribution in [0.4, 0.5) is 0 Å². The Hall–Kier alpha value is -1.24. The van der Waals surface area contributed by atoms with Crippen LogP contribution in [-0.4, -0.2) is 59.4 Å². The van der Waals surface area contributed by atoms with Gasteiger partial charge >= 0.3 is 0 Å². The van der Waals surface area contributed by atoms with Crippen molar-refractivity contribution >= 4 is 28.7 Å². The highest BCUT2D eigenvalue weighted by molar-refractivity contribution is 8.14. The molecule has 6 nitrogen and oxygen atoms in total. The summed E-state index contributed by atoms with van der Waals surface area (Å²) < 4.78 is 0. The van der Waals surface area contributed by atoms with Crippen molar-refractivity contribution in [2.24, 2.45) is 10.9 Å². The number of fused-ring (bicyclic) bond motifs is 1. The van der Waals surface area contributed by atoms with Crippen LogP contribution in [-0.2, 0) is 9.59 Å². The minimum Gasteiger partial charge on any atom is -0.360 e. The first kappa shape index (κ1) is 17.6. The molecule has 2 aliphatic heterocycles. The lowest BCUT2D eigenvalue weighted by Crippen LogP contribution is -2.42. The number of hydrogen-bond donors (Lipinski definition) is 2. The molecule has 24 heavy (non-hydrogen) atoms. The van der Waals surface area contributed by atoms with Gasteiger partial charge in [0.25, 0.3) is 0 Å². The largest absolute Gasteiger partial charge is 0.360 e. The molecular weight excluding hydrogens is 324 g/mol. The summed E-state index contributed by atoms with van der Waals surface area (Å²) in [6.07, 6.45) is 6.89. The van der Waals surface area contributed by atoms with Crippen molar-refractivity contribution in [1.82, 2.24) is 15.5 Å². The van der Waals surface area contributed by atoms with E-state index < -0.39 is 0 Å². The molecule has 0 unspecified atom stereocenters. The average molecular weight is 353 g/mol. The van der Waals surface area contributed by atoms with Crippen LogP contribution in [0.1, 0.15) is 45.4 Å². The van der Waals surface area contributed by atoms with Crippen LogP contribution in [0.25, 0.3) is 0 Å². The van der Waals surface area contributed by atoms with Gasteiger partial charge in [0.1, 0.15) is 0 Å². The molecule has 0 aromatic heterocycles. The molecule has 2 N–H and O–H groups in total. The van der Waals surface area contributed by atoms with E-state index in [2.05, 4.69) is 10.6 Å². The van der Waals surface area contributed by atoms with Crippen LogP contribution >= 0.6 is 11.8 Å². The molecule has 134 valence electrons. The zero-order valence-corrected chi connectivity index (χ0v) is 15.2. The van der Waals surface area contributed by atoms with Crippen molar-refractivity contribution in [3.8, 4) is 0 Å². The molecule has 2 fully saturated rings. The Kier molecular flexibility index (Phi) is 6.03. The smallest absolute Gasteiger partial charge is 0.233 e. The Balaban J connectivity index is 1.36. The van der Waals surface area contributed by atoms with E-state index in [4.69, 9.17) is 4.99 Å². The lowest BCUT2D eigenvalue weighted by molar-refractivity contribution is -0.130. The fourth-order valence-electron chi connectivity index (χ4n) is 3.76. The minimum atomic E-state index is 0.0234. The first-order chi connectivity index (χ1) is 11.6. The molecule has 1 saturated heterocycles. The predicted molar refractivity (Wildman–Crippen MR) is 97.1 cm³/mol.